The van der Waals surface area contributed by atoms with E-state index in [0.29, 0.717) is 6.42 Å². The van der Waals surface area contributed by atoms with Crippen LogP contribution < -0.4 is 0 Å². The Bertz CT molecular complexity index is 983. The first-order valence-electron chi connectivity index (χ1n) is 10.8. The highest BCUT2D eigenvalue weighted by Crippen LogP contribution is 2.45. The zero-order valence-corrected chi connectivity index (χ0v) is 18.9. The van der Waals surface area contributed by atoms with Gasteiger partial charge >= 0.3 is 5.97 Å². The molecule has 2 unspecified atom stereocenters. The van der Waals surface area contributed by atoms with Crippen molar-refractivity contribution in [2.45, 2.75) is 64.5 Å². The van der Waals surface area contributed by atoms with Crippen molar-refractivity contribution in [1.29, 1.82) is 0 Å². The van der Waals surface area contributed by atoms with Crippen LogP contribution in [0.3, 0.4) is 0 Å². The Morgan fingerprint density at radius 1 is 1.23 bits per heavy atom. The number of aliphatic carboxylic acids is 1. The van der Waals surface area contributed by atoms with E-state index in [1.165, 1.54) is 17.8 Å². The quantitative estimate of drug-likeness (QED) is 0.491. The SMILES string of the molecule is CC(C)c1c(CCP(=O)(O)CC(O)CC(=O)O)c(-c2ccc(F)cc2)c2n1CCCC2. The van der Waals surface area contributed by atoms with Crippen molar-refractivity contribution in [2.75, 3.05) is 12.3 Å². The van der Waals surface area contributed by atoms with Gasteiger partial charge in [0.15, 0.2) is 0 Å². The molecule has 1 aromatic heterocycles. The van der Waals surface area contributed by atoms with Crippen molar-refractivity contribution in [2.24, 2.45) is 0 Å². The molecule has 0 bridgehead atoms. The number of aliphatic hydroxyl groups is 1. The molecule has 0 saturated carbocycles. The smallest absolute Gasteiger partial charge is 0.305 e. The monoisotopic (exact) mass is 451 g/mol. The van der Waals surface area contributed by atoms with E-state index in [1.54, 1.807) is 12.1 Å². The van der Waals surface area contributed by atoms with E-state index in [-0.39, 0.29) is 17.9 Å². The van der Waals surface area contributed by atoms with Crippen LogP contribution in [0.25, 0.3) is 11.1 Å². The Morgan fingerprint density at radius 2 is 1.90 bits per heavy atom. The number of hydrogen-bond acceptors (Lipinski definition) is 3. The van der Waals surface area contributed by atoms with Gasteiger partial charge in [0.05, 0.1) is 18.7 Å². The predicted octanol–water partition coefficient (Wildman–Crippen LogP) is 4.40. The number of carboxylic acids is 1. The fraction of sp³-hybridized carbons (Fsp3) is 0.522. The molecule has 2 atom stereocenters. The van der Waals surface area contributed by atoms with Gasteiger partial charge in [0, 0.05) is 29.7 Å². The van der Waals surface area contributed by atoms with Crippen LogP contribution in [0.2, 0.25) is 0 Å². The molecule has 0 fully saturated rings. The van der Waals surface area contributed by atoms with Crippen LogP contribution in [0.15, 0.2) is 24.3 Å². The third kappa shape index (κ3) is 5.65. The number of fused-ring (bicyclic) bond motifs is 1. The Labute approximate surface area is 182 Å². The summed E-state index contributed by atoms with van der Waals surface area (Å²) in [6.45, 7) is 5.10. The molecule has 0 radical (unpaired) electrons. The van der Waals surface area contributed by atoms with Gasteiger partial charge in [-0.15, -0.1) is 0 Å². The van der Waals surface area contributed by atoms with E-state index in [1.807, 2.05) is 0 Å². The van der Waals surface area contributed by atoms with Crippen molar-refractivity contribution in [3.8, 4) is 11.1 Å². The summed E-state index contributed by atoms with van der Waals surface area (Å²) in [5, 5.41) is 18.6. The molecule has 0 aliphatic carbocycles. The van der Waals surface area contributed by atoms with Crippen molar-refractivity contribution < 1.29 is 28.9 Å². The van der Waals surface area contributed by atoms with E-state index < -0.39 is 32.0 Å². The normalized spacial score (nSPS) is 16.7. The van der Waals surface area contributed by atoms with Crippen molar-refractivity contribution in [3.05, 3.63) is 47.0 Å². The lowest BCUT2D eigenvalue weighted by molar-refractivity contribution is -0.138. The van der Waals surface area contributed by atoms with Gasteiger partial charge in [-0.05, 0) is 54.9 Å². The maximum absolute atomic E-state index is 13.6. The first-order valence-corrected chi connectivity index (χ1v) is 12.8. The number of aliphatic hydroxyl groups excluding tert-OH is 1. The Morgan fingerprint density at radius 3 is 2.52 bits per heavy atom. The Hall–Kier alpha value is -1.95. The first kappa shape index (κ1) is 23.7. The van der Waals surface area contributed by atoms with E-state index in [4.69, 9.17) is 5.11 Å². The van der Waals surface area contributed by atoms with E-state index in [9.17, 15) is 23.7 Å². The first-order chi connectivity index (χ1) is 14.6. The zero-order chi connectivity index (χ0) is 22.8. The van der Waals surface area contributed by atoms with Gasteiger partial charge in [-0.25, -0.2) is 4.39 Å². The van der Waals surface area contributed by atoms with Crippen LogP contribution in [-0.2, 0) is 28.7 Å². The summed E-state index contributed by atoms with van der Waals surface area (Å²) in [6.07, 6.45) is 1.00. The van der Waals surface area contributed by atoms with Crippen molar-refractivity contribution in [3.63, 3.8) is 0 Å². The lowest BCUT2D eigenvalue weighted by Gasteiger charge is -2.21. The van der Waals surface area contributed by atoms with Crippen molar-refractivity contribution >= 4 is 13.3 Å². The number of rotatable bonds is 9. The molecule has 170 valence electrons. The van der Waals surface area contributed by atoms with Crippen LogP contribution in [-0.4, -0.2) is 44.1 Å². The number of carbonyl (C=O) groups is 1. The van der Waals surface area contributed by atoms with E-state index in [0.717, 1.165) is 48.2 Å². The number of carboxylic acid groups (broad SMARTS) is 1. The van der Waals surface area contributed by atoms with Gasteiger partial charge in [-0.3, -0.25) is 9.36 Å². The van der Waals surface area contributed by atoms with Gasteiger partial charge < -0.3 is 19.7 Å². The minimum atomic E-state index is -3.73. The molecule has 3 N–H and O–H groups in total. The van der Waals surface area contributed by atoms with Crippen LogP contribution in [0.5, 0.6) is 0 Å². The molecule has 31 heavy (non-hydrogen) atoms. The van der Waals surface area contributed by atoms with Crippen LogP contribution in [0.4, 0.5) is 4.39 Å². The maximum atomic E-state index is 13.6. The summed E-state index contributed by atoms with van der Waals surface area (Å²) in [7, 11) is -3.73. The van der Waals surface area contributed by atoms with Crippen LogP contribution in [0, 0.1) is 5.82 Å². The summed E-state index contributed by atoms with van der Waals surface area (Å²) in [6, 6.07) is 6.37. The van der Waals surface area contributed by atoms with E-state index >= 15 is 0 Å². The Balaban J connectivity index is 1.98. The average Bonchev–Trinajstić information content (AvgIpc) is 3.00. The summed E-state index contributed by atoms with van der Waals surface area (Å²) in [5.41, 5.74) is 5.25. The summed E-state index contributed by atoms with van der Waals surface area (Å²) < 4.78 is 28.6. The molecule has 0 saturated heterocycles. The largest absolute Gasteiger partial charge is 0.481 e. The number of nitrogens with zero attached hydrogens (tertiary/aromatic N) is 1. The van der Waals surface area contributed by atoms with Gasteiger partial charge in [-0.1, -0.05) is 26.0 Å². The zero-order valence-electron chi connectivity index (χ0n) is 18.1. The summed E-state index contributed by atoms with van der Waals surface area (Å²) in [5.74, 6) is -1.31. The average molecular weight is 451 g/mol. The molecular formula is C23H31FNO5P. The molecule has 8 heteroatoms. The van der Waals surface area contributed by atoms with Gasteiger partial charge in [0.2, 0.25) is 7.37 Å². The van der Waals surface area contributed by atoms with Crippen LogP contribution in [0.1, 0.15) is 56.0 Å². The second kappa shape index (κ2) is 9.68. The highest BCUT2D eigenvalue weighted by molar-refractivity contribution is 7.58. The van der Waals surface area contributed by atoms with Gasteiger partial charge in [-0.2, -0.15) is 0 Å². The van der Waals surface area contributed by atoms with Crippen molar-refractivity contribution in [1.82, 2.24) is 4.57 Å². The molecular weight excluding hydrogens is 420 g/mol. The minimum Gasteiger partial charge on any atom is -0.481 e. The number of aromatic nitrogens is 1. The fourth-order valence-electron chi connectivity index (χ4n) is 4.67. The lowest BCUT2D eigenvalue weighted by Crippen LogP contribution is -2.18. The molecule has 0 amide bonds. The summed E-state index contributed by atoms with van der Waals surface area (Å²) in [4.78, 5) is 21.2. The highest BCUT2D eigenvalue weighted by Gasteiger charge is 2.30. The molecule has 0 spiro atoms. The van der Waals surface area contributed by atoms with Gasteiger partial charge in [0.1, 0.15) is 5.82 Å². The second-order valence-electron chi connectivity index (χ2n) is 8.71. The van der Waals surface area contributed by atoms with E-state index in [2.05, 4.69) is 18.4 Å². The molecule has 1 aliphatic heterocycles. The third-order valence-electron chi connectivity index (χ3n) is 5.86. The highest BCUT2D eigenvalue weighted by atomic mass is 31.2. The van der Waals surface area contributed by atoms with Gasteiger partial charge in [0.25, 0.3) is 0 Å². The third-order valence-corrected chi connectivity index (χ3v) is 7.77. The number of benzene rings is 1. The number of halogens is 1. The Kier molecular flexibility index (Phi) is 7.40. The predicted molar refractivity (Wildman–Crippen MR) is 118 cm³/mol. The molecule has 1 aromatic carbocycles. The fourth-order valence-corrected chi connectivity index (χ4v) is 6.21. The molecule has 6 nitrogen and oxygen atoms in total. The second-order valence-corrected chi connectivity index (χ2v) is 11.2. The molecule has 1 aliphatic rings. The molecule has 2 aromatic rings. The van der Waals surface area contributed by atoms with Crippen LogP contribution >= 0.6 is 7.37 Å². The summed E-state index contributed by atoms with van der Waals surface area (Å²) >= 11 is 0. The standard InChI is InChI=1S/C23H31FNO5P/c1-15(2)23-19(10-12-31(29,30)14-18(26)13-21(27)28)22(16-6-8-17(24)9-7-16)20-5-3-4-11-25(20)23/h6-9,15,18,26H,3-5,10-14H2,1-2H3,(H,27,28)(H,29,30). The molecule has 3 rings (SSSR count). The molecule has 2 heterocycles. The lowest BCUT2D eigenvalue weighted by atomic mass is 9.94. The maximum Gasteiger partial charge on any atom is 0.305 e. The number of hydrogen-bond donors (Lipinski definition) is 3. The topological polar surface area (TPSA) is 99.8 Å². The minimum absolute atomic E-state index is 0.0406.